The van der Waals surface area contributed by atoms with Gasteiger partial charge in [0.25, 0.3) is 0 Å². The number of carbonyl (C=O) groups excluding carboxylic acids is 2. The van der Waals surface area contributed by atoms with Crippen LogP contribution in [0.1, 0.15) is 42.3 Å². The summed E-state index contributed by atoms with van der Waals surface area (Å²) in [5.41, 5.74) is 5.05. The summed E-state index contributed by atoms with van der Waals surface area (Å²) in [6.45, 7) is 3.73. The summed E-state index contributed by atoms with van der Waals surface area (Å²) in [4.78, 5) is 33.9. The molecule has 7 heteroatoms. The van der Waals surface area contributed by atoms with Gasteiger partial charge in [-0.2, -0.15) is 0 Å². The van der Waals surface area contributed by atoms with Crippen LogP contribution in [0.3, 0.4) is 0 Å². The maximum atomic E-state index is 13.6. The van der Waals surface area contributed by atoms with Crippen LogP contribution >= 0.6 is 0 Å². The minimum atomic E-state index is -0.641. The molecule has 0 bridgehead atoms. The van der Waals surface area contributed by atoms with E-state index < -0.39 is 17.9 Å². The van der Waals surface area contributed by atoms with Crippen LogP contribution in [0.5, 0.6) is 0 Å². The number of ether oxygens (including phenoxy) is 2. The third kappa shape index (κ3) is 5.59. The summed E-state index contributed by atoms with van der Waals surface area (Å²) in [5.74, 6) is -0.705. The molecule has 7 nitrogen and oxygen atoms in total. The van der Waals surface area contributed by atoms with Gasteiger partial charge in [0.2, 0.25) is 0 Å². The fraction of sp³-hybridized carbons (Fsp3) is 0.182. The van der Waals surface area contributed by atoms with E-state index in [0.29, 0.717) is 22.5 Å². The number of dihydropyridines is 1. The lowest BCUT2D eigenvalue weighted by Crippen LogP contribution is -2.32. The maximum Gasteiger partial charge on any atom is 0.337 e. The zero-order valence-electron chi connectivity index (χ0n) is 22.7. The molecule has 202 valence electrons. The number of methoxy groups -OCH3 is 1. The predicted octanol–water partition coefficient (Wildman–Crippen LogP) is 5.82. The van der Waals surface area contributed by atoms with Crippen molar-refractivity contribution in [1.29, 1.82) is 0 Å². The first-order chi connectivity index (χ1) is 19.5. The SMILES string of the molecule is COC(=O)C1=C(C)NC(C)=C(C(=O)OCC=Cc2ccc(Cc3ncc[nH]3)cc2)C1c1cccc2ccccc12. The average molecular weight is 534 g/mol. The lowest BCUT2D eigenvalue weighted by Gasteiger charge is -2.31. The van der Waals surface area contributed by atoms with Gasteiger partial charge < -0.3 is 19.8 Å². The number of carbonyl (C=O) groups is 2. The Balaban J connectivity index is 1.36. The van der Waals surface area contributed by atoms with Crippen molar-refractivity contribution in [2.45, 2.75) is 26.2 Å². The second-order valence-electron chi connectivity index (χ2n) is 9.65. The lowest BCUT2D eigenvalue weighted by atomic mass is 9.78. The third-order valence-electron chi connectivity index (χ3n) is 7.05. The van der Waals surface area contributed by atoms with E-state index in [1.54, 1.807) is 12.3 Å². The van der Waals surface area contributed by atoms with E-state index in [9.17, 15) is 9.59 Å². The highest BCUT2D eigenvalue weighted by molar-refractivity contribution is 6.02. The standard InChI is InChI=1S/C33H31N3O4/c1-21-29(32(37)39-3)31(27-12-6-10-25-9-4-5-11-26(25)27)30(22(2)36-21)33(38)40-19-7-8-23-13-15-24(16-14-23)20-28-34-17-18-35-28/h4-18,31,36H,19-20H2,1-3H3,(H,34,35). The average Bonchev–Trinajstić information content (AvgIpc) is 3.48. The second-order valence-corrected chi connectivity index (χ2v) is 9.65. The number of H-pyrrole nitrogens is 1. The monoisotopic (exact) mass is 533 g/mol. The van der Waals surface area contributed by atoms with Gasteiger partial charge in [-0.25, -0.2) is 14.6 Å². The molecule has 1 aromatic heterocycles. The van der Waals surface area contributed by atoms with Crippen molar-refractivity contribution < 1.29 is 19.1 Å². The number of nitrogens with zero attached hydrogens (tertiary/aromatic N) is 1. The number of rotatable bonds is 8. The van der Waals surface area contributed by atoms with Gasteiger partial charge in [0.15, 0.2) is 0 Å². The Morgan fingerprint density at radius 1 is 0.925 bits per heavy atom. The Morgan fingerprint density at radius 3 is 2.38 bits per heavy atom. The van der Waals surface area contributed by atoms with Crippen molar-refractivity contribution >= 4 is 28.8 Å². The van der Waals surface area contributed by atoms with E-state index in [0.717, 1.165) is 39.7 Å². The molecule has 0 saturated heterocycles. The molecule has 0 radical (unpaired) electrons. The normalized spacial score (nSPS) is 15.4. The summed E-state index contributed by atoms with van der Waals surface area (Å²) < 4.78 is 10.9. The number of aromatic amines is 1. The van der Waals surface area contributed by atoms with Crippen LogP contribution in [-0.2, 0) is 25.5 Å². The van der Waals surface area contributed by atoms with Crippen molar-refractivity contribution in [3.8, 4) is 0 Å². The molecule has 1 atom stereocenters. The van der Waals surface area contributed by atoms with Crippen molar-refractivity contribution in [2.24, 2.45) is 0 Å². The molecule has 2 N–H and O–H groups in total. The number of esters is 2. The quantitative estimate of drug-likeness (QED) is 0.277. The van der Waals surface area contributed by atoms with Crippen LogP contribution in [-0.4, -0.2) is 35.6 Å². The fourth-order valence-corrected chi connectivity index (χ4v) is 5.18. The smallest absolute Gasteiger partial charge is 0.337 e. The maximum absolute atomic E-state index is 13.6. The van der Waals surface area contributed by atoms with E-state index in [1.165, 1.54) is 7.11 Å². The lowest BCUT2D eigenvalue weighted by molar-refractivity contribution is -0.138. The molecule has 0 fully saturated rings. The minimum absolute atomic E-state index is 0.0856. The topological polar surface area (TPSA) is 93.3 Å². The number of aromatic nitrogens is 2. The molecule has 40 heavy (non-hydrogen) atoms. The fourth-order valence-electron chi connectivity index (χ4n) is 5.18. The number of fused-ring (bicyclic) bond motifs is 1. The zero-order valence-corrected chi connectivity index (χ0v) is 22.7. The summed E-state index contributed by atoms with van der Waals surface area (Å²) in [6, 6.07) is 21.9. The zero-order chi connectivity index (χ0) is 28.1. The molecule has 1 unspecified atom stereocenters. The van der Waals surface area contributed by atoms with Gasteiger partial charge in [0.1, 0.15) is 12.4 Å². The summed E-state index contributed by atoms with van der Waals surface area (Å²) in [6.07, 6.45) is 8.01. The molecule has 2 heterocycles. The Kier molecular flexibility index (Phi) is 7.92. The van der Waals surface area contributed by atoms with Gasteiger partial charge in [0, 0.05) is 30.2 Å². The predicted molar refractivity (Wildman–Crippen MR) is 155 cm³/mol. The van der Waals surface area contributed by atoms with Crippen LogP contribution in [0.25, 0.3) is 16.8 Å². The van der Waals surface area contributed by atoms with E-state index >= 15 is 0 Å². The van der Waals surface area contributed by atoms with Crippen LogP contribution in [0.15, 0.2) is 108 Å². The molecule has 3 aromatic carbocycles. The van der Waals surface area contributed by atoms with Crippen molar-refractivity contribution in [2.75, 3.05) is 13.7 Å². The Bertz CT molecular complexity index is 1620. The van der Waals surface area contributed by atoms with E-state index in [-0.39, 0.29) is 6.61 Å². The second kappa shape index (κ2) is 11.9. The Hall–Kier alpha value is -4.91. The van der Waals surface area contributed by atoms with Crippen LogP contribution < -0.4 is 5.32 Å². The molecule has 4 aromatic rings. The van der Waals surface area contributed by atoms with Gasteiger partial charge >= 0.3 is 11.9 Å². The van der Waals surface area contributed by atoms with Crippen molar-refractivity contribution in [3.05, 3.63) is 130 Å². The molecule has 1 aliphatic rings. The van der Waals surface area contributed by atoms with E-state index in [1.807, 2.05) is 92.9 Å². The highest BCUT2D eigenvalue weighted by Gasteiger charge is 2.38. The van der Waals surface area contributed by atoms with E-state index in [2.05, 4.69) is 15.3 Å². The van der Waals surface area contributed by atoms with E-state index in [4.69, 9.17) is 9.47 Å². The molecule has 0 aliphatic carbocycles. The number of nitrogens with one attached hydrogen (secondary N) is 2. The molecular weight excluding hydrogens is 502 g/mol. The first kappa shape index (κ1) is 26.7. The van der Waals surface area contributed by atoms with Gasteiger partial charge in [-0.1, -0.05) is 72.8 Å². The van der Waals surface area contributed by atoms with Gasteiger partial charge in [-0.05, 0) is 47.4 Å². The molecule has 5 rings (SSSR count). The Labute approximate surface area is 233 Å². The number of hydrogen-bond acceptors (Lipinski definition) is 6. The van der Waals surface area contributed by atoms with Crippen molar-refractivity contribution in [1.82, 2.24) is 15.3 Å². The van der Waals surface area contributed by atoms with Crippen LogP contribution in [0.4, 0.5) is 0 Å². The first-order valence-electron chi connectivity index (χ1n) is 13.1. The van der Waals surface area contributed by atoms with Gasteiger partial charge in [-0.3, -0.25) is 0 Å². The third-order valence-corrected chi connectivity index (χ3v) is 7.05. The Morgan fingerprint density at radius 2 is 1.65 bits per heavy atom. The van der Waals surface area contributed by atoms with Gasteiger partial charge in [-0.15, -0.1) is 0 Å². The highest BCUT2D eigenvalue weighted by atomic mass is 16.5. The van der Waals surface area contributed by atoms with Crippen LogP contribution in [0, 0.1) is 0 Å². The summed E-state index contributed by atoms with van der Waals surface area (Å²) in [7, 11) is 1.35. The molecule has 0 saturated carbocycles. The minimum Gasteiger partial charge on any atom is -0.466 e. The molecule has 0 amide bonds. The van der Waals surface area contributed by atoms with Gasteiger partial charge in [0.05, 0.1) is 24.2 Å². The van der Waals surface area contributed by atoms with Crippen molar-refractivity contribution in [3.63, 3.8) is 0 Å². The molecule has 1 aliphatic heterocycles. The first-order valence-corrected chi connectivity index (χ1v) is 13.1. The summed E-state index contributed by atoms with van der Waals surface area (Å²) in [5, 5.41) is 5.17. The molecule has 0 spiro atoms. The number of imidazole rings is 1. The van der Waals surface area contributed by atoms with Crippen LogP contribution in [0.2, 0.25) is 0 Å². The number of hydrogen-bond donors (Lipinski definition) is 2. The highest BCUT2D eigenvalue weighted by Crippen LogP contribution is 2.41. The summed E-state index contributed by atoms with van der Waals surface area (Å²) >= 11 is 0. The largest absolute Gasteiger partial charge is 0.466 e. The molecular formula is C33H31N3O4. The number of benzene rings is 3. The number of allylic oxidation sites excluding steroid dienone is 2.